The molecule has 2 unspecified atom stereocenters. The number of carbonyl (C=O) groups is 1. The van der Waals surface area contributed by atoms with Gasteiger partial charge < -0.3 is 0 Å². The highest BCUT2D eigenvalue weighted by Gasteiger charge is 2.33. The van der Waals surface area contributed by atoms with E-state index >= 15 is 0 Å². The Balaban J connectivity index is 2.56. The summed E-state index contributed by atoms with van der Waals surface area (Å²) in [5, 5.41) is 0.530. The minimum Gasteiger partial charge on any atom is -0.298 e. The molecule has 1 saturated heterocycles. The third-order valence-electron chi connectivity index (χ3n) is 2.93. The maximum atomic E-state index is 11.5. The van der Waals surface area contributed by atoms with Gasteiger partial charge in [-0.2, -0.15) is 11.8 Å². The Hall–Kier alpha value is 0.500. The molecule has 1 rings (SSSR count). The largest absolute Gasteiger partial charge is 0.298 e. The highest BCUT2D eigenvalue weighted by Crippen LogP contribution is 2.41. The topological polar surface area (TPSA) is 17.1 Å². The van der Waals surface area contributed by atoms with Crippen molar-refractivity contribution >= 4 is 33.5 Å². The average Bonchev–Trinajstić information content (AvgIpc) is 2.17. The lowest BCUT2D eigenvalue weighted by molar-refractivity contribution is -0.120. The number of ketones is 1. The number of rotatable bonds is 3. The number of halogens is 1. The molecule has 1 heterocycles. The first-order chi connectivity index (χ1) is 6.11. The molecule has 0 saturated carbocycles. The van der Waals surface area contributed by atoms with E-state index in [2.05, 4.69) is 29.8 Å². The lowest BCUT2D eigenvalue weighted by Crippen LogP contribution is -2.33. The normalized spacial score (nSPS) is 34.5. The average molecular weight is 265 g/mol. The van der Waals surface area contributed by atoms with Crippen LogP contribution in [0, 0.1) is 5.92 Å². The van der Waals surface area contributed by atoms with Crippen molar-refractivity contribution in [2.75, 3.05) is 11.1 Å². The summed E-state index contributed by atoms with van der Waals surface area (Å²) in [6, 6.07) is 0. The first-order valence-corrected chi connectivity index (χ1v) is 6.94. The van der Waals surface area contributed by atoms with E-state index in [1.54, 1.807) is 0 Å². The minimum absolute atomic E-state index is 0.311. The van der Waals surface area contributed by atoms with Crippen molar-refractivity contribution in [3.63, 3.8) is 0 Å². The summed E-state index contributed by atoms with van der Waals surface area (Å²) in [6.45, 7) is 4.50. The molecule has 1 aliphatic heterocycles. The summed E-state index contributed by atoms with van der Waals surface area (Å²) in [5.41, 5.74) is 0. The molecule has 0 aliphatic carbocycles. The van der Waals surface area contributed by atoms with Crippen LogP contribution >= 0.6 is 27.7 Å². The summed E-state index contributed by atoms with van der Waals surface area (Å²) in [6.07, 6.45) is 3.31. The fraction of sp³-hybridized carbons (Fsp3) is 0.900. The Kier molecular flexibility index (Phi) is 4.30. The highest BCUT2D eigenvalue weighted by atomic mass is 79.9. The molecule has 0 amide bonds. The van der Waals surface area contributed by atoms with Crippen molar-refractivity contribution in [1.82, 2.24) is 0 Å². The number of alkyl halides is 1. The predicted octanol–water partition coefficient (Wildman–Crippen LogP) is 3.26. The lowest BCUT2D eigenvalue weighted by atomic mass is 9.88. The van der Waals surface area contributed by atoms with Crippen LogP contribution in [0.25, 0.3) is 0 Å². The number of carbonyl (C=O) groups excluding carboxylic acids is 1. The van der Waals surface area contributed by atoms with Gasteiger partial charge in [-0.25, -0.2) is 0 Å². The summed E-state index contributed by atoms with van der Waals surface area (Å²) in [5.74, 6) is 1.85. The van der Waals surface area contributed by atoms with E-state index in [0.29, 0.717) is 21.8 Å². The summed E-state index contributed by atoms with van der Waals surface area (Å²) >= 11 is 5.28. The van der Waals surface area contributed by atoms with Gasteiger partial charge in [-0.05, 0) is 25.0 Å². The fourth-order valence-electron chi connectivity index (χ4n) is 1.76. The molecule has 0 aromatic rings. The van der Waals surface area contributed by atoms with Crippen LogP contribution in [0.3, 0.4) is 0 Å². The molecule has 0 radical (unpaired) electrons. The number of thioether (sulfide) groups is 1. The maximum absolute atomic E-state index is 11.5. The van der Waals surface area contributed by atoms with E-state index in [1.165, 1.54) is 6.42 Å². The zero-order valence-electron chi connectivity index (χ0n) is 8.31. The van der Waals surface area contributed by atoms with E-state index < -0.39 is 0 Å². The van der Waals surface area contributed by atoms with E-state index in [0.717, 1.165) is 18.6 Å². The molecule has 0 N–H and O–H groups in total. The van der Waals surface area contributed by atoms with Crippen LogP contribution in [0.15, 0.2) is 0 Å². The minimum atomic E-state index is 0.311. The Morgan fingerprint density at radius 2 is 2.38 bits per heavy atom. The van der Waals surface area contributed by atoms with Gasteiger partial charge in [0, 0.05) is 10.7 Å². The van der Waals surface area contributed by atoms with Gasteiger partial charge >= 0.3 is 0 Å². The summed E-state index contributed by atoms with van der Waals surface area (Å²) < 4.78 is 0.348. The third-order valence-corrected chi connectivity index (χ3v) is 5.07. The molecule has 76 valence electrons. The Morgan fingerprint density at radius 3 is 2.92 bits per heavy atom. The lowest BCUT2D eigenvalue weighted by Gasteiger charge is -2.36. The van der Waals surface area contributed by atoms with Crippen LogP contribution < -0.4 is 0 Å². The third kappa shape index (κ3) is 2.98. The van der Waals surface area contributed by atoms with Gasteiger partial charge in [0.25, 0.3) is 0 Å². The van der Waals surface area contributed by atoms with Crippen LogP contribution in [0.1, 0.15) is 33.1 Å². The van der Waals surface area contributed by atoms with Crippen LogP contribution in [-0.2, 0) is 4.79 Å². The van der Waals surface area contributed by atoms with Crippen LogP contribution in [0.5, 0.6) is 0 Å². The monoisotopic (exact) mass is 264 g/mol. The fourth-order valence-corrected chi connectivity index (χ4v) is 3.64. The Bertz CT molecular complexity index is 195. The van der Waals surface area contributed by atoms with E-state index in [4.69, 9.17) is 0 Å². The molecular formula is C10H17BrOS. The summed E-state index contributed by atoms with van der Waals surface area (Å²) in [4.78, 5) is 11.5. The first kappa shape index (κ1) is 11.6. The molecule has 2 atom stereocenters. The zero-order chi connectivity index (χ0) is 9.90. The van der Waals surface area contributed by atoms with Crippen molar-refractivity contribution in [3.8, 4) is 0 Å². The zero-order valence-corrected chi connectivity index (χ0v) is 10.7. The molecule has 1 aliphatic rings. The van der Waals surface area contributed by atoms with Crippen LogP contribution in [0.2, 0.25) is 0 Å². The first-order valence-electron chi connectivity index (χ1n) is 4.84. The number of hydrogen-bond acceptors (Lipinski definition) is 2. The number of hydrogen-bond donors (Lipinski definition) is 0. The second-order valence-corrected chi connectivity index (χ2v) is 6.18. The molecule has 0 aromatic carbocycles. The second-order valence-electron chi connectivity index (χ2n) is 3.94. The molecule has 1 nitrogen and oxygen atoms in total. The van der Waals surface area contributed by atoms with Gasteiger partial charge in [0.15, 0.2) is 0 Å². The molecule has 0 spiro atoms. The van der Waals surface area contributed by atoms with E-state index in [9.17, 15) is 4.79 Å². The van der Waals surface area contributed by atoms with Crippen molar-refractivity contribution in [2.24, 2.45) is 5.92 Å². The van der Waals surface area contributed by atoms with Crippen LogP contribution in [-0.4, -0.2) is 21.6 Å². The SMILES string of the molecule is CCC1(C)CC(C(=O)CBr)CCS1. The van der Waals surface area contributed by atoms with Gasteiger partial charge in [0.2, 0.25) is 0 Å². The van der Waals surface area contributed by atoms with Crippen molar-refractivity contribution in [2.45, 2.75) is 37.9 Å². The van der Waals surface area contributed by atoms with Gasteiger partial charge in [0.1, 0.15) is 5.78 Å². The maximum Gasteiger partial charge on any atom is 0.146 e. The van der Waals surface area contributed by atoms with Crippen molar-refractivity contribution in [1.29, 1.82) is 0 Å². The summed E-state index contributed by atoms with van der Waals surface area (Å²) in [7, 11) is 0. The van der Waals surface area contributed by atoms with E-state index in [1.807, 2.05) is 11.8 Å². The standard InChI is InChI=1S/C10H17BrOS/c1-3-10(2)6-8(4-5-13-10)9(12)7-11/h8H,3-7H2,1-2H3. The smallest absolute Gasteiger partial charge is 0.146 e. The number of Topliss-reactive ketones (excluding diaryl/α,β-unsaturated/α-hetero) is 1. The van der Waals surface area contributed by atoms with Gasteiger partial charge in [-0.15, -0.1) is 0 Å². The predicted molar refractivity (Wildman–Crippen MR) is 62.7 cm³/mol. The van der Waals surface area contributed by atoms with Gasteiger partial charge in [-0.1, -0.05) is 29.8 Å². The van der Waals surface area contributed by atoms with Crippen molar-refractivity contribution < 1.29 is 4.79 Å². The van der Waals surface area contributed by atoms with E-state index in [-0.39, 0.29) is 0 Å². The quantitative estimate of drug-likeness (QED) is 0.728. The van der Waals surface area contributed by atoms with Gasteiger partial charge in [0.05, 0.1) is 5.33 Å². The van der Waals surface area contributed by atoms with Gasteiger partial charge in [-0.3, -0.25) is 4.79 Å². The highest BCUT2D eigenvalue weighted by molar-refractivity contribution is 9.09. The Labute approximate surface area is 93.2 Å². The molecule has 3 heteroatoms. The molecular weight excluding hydrogens is 248 g/mol. The molecule has 13 heavy (non-hydrogen) atoms. The van der Waals surface area contributed by atoms with Crippen molar-refractivity contribution in [3.05, 3.63) is 0 Å². The second kappa shape index (κ2) is 4.83. The van der Waals surface area contributed by atoms with Crippen LogP contribution in [0.4, 0.5) is 0 Å². The molecule has 0 aromatic heterocycles. The molecule has 1 fully saturated rings. The Morgan fingerprint density at radius 1 is 1.69 bits per heavy atom. The molecule has 0 bridgehead atoms.